The normalized spacial score (nSPS) is 17.0. The van der Waals surface area contributed by atoms with E-state index in [4.69, 9.17) is 0 Å². The van der Waals surface area contributed by atoms with E-state index >= 15 is 0 Å². The van der Waals surface area contributed by atoms with Crippen LogP contribution in [0, 0.1) is 5.41 Å². The van der Waals surface area contributed by atoms with Crippen LogP contribution in [0.5, 0.6) is 0 Å². The molecule has 3 rings (SSSR count). The van der Waals surface area contributed by atoms with Crippen LogP contribution in [0.2, 0.25) is 0 Å². The molecule has 0 spiro atoms. The van der Waals surface area contributed by atoms with Gasteiger partial charge < -0.3 is 10.6 Å². The van der Waals surface area contributed by atoms with Crippen LogP contribution in [-0.4, -0.2) is 23.1 Å². The van der Waals surface area contributed by atoms with Crippen LogP contribution in [-0.2, 0) is 0 Å². The van der Waals surface area contributed by atoms with Crippen molar-refractivity contribution in [2.24, 2.45) is 5.41 Å². The van der Waals surface area contributed by atoms with Gasteiger partial charge in [-0.25, -0.2) is 4.98 Å². The molecule has 1 aliphatic rings. The molecule has 112 valence electrons. The van der Waals surface area contributed by atoms with Crippen LogP contribution in [0.1, 0.15) is 39.5 Å². The molecule has 4 nitrogen and oxygen atoms in total. The van der Waals surface area contributed by atoms with Gasteiger partial charge in [0.2, 0.25) is 5.95 Å². The number of nitrogens with one attached hydrogen (secondary N) is 2. The SMILES string of the molecule is CCNc1nc(NCC2(C)CCCC2)c2ccccc2n1. The lowest BCUT2D eigenvalue weighted by Crippen LogP contribution is -2.23. The zero-order valence-electron chi connectivity index (χ0n) is 12.9. The quantitative estimate of drug-likeness (QED) is 0.869. The molecule has 1 aliphatic carbocycles. The largest absolute Gasteiger partial charge is 0.369 e. The van der Waals surface area contributed by atoms with Gasteiger partial charge in [-0.2, -0.15) is 4.98 Å². The fourth-order valence-corrected chi connectivity index (χ4v) is 3.15. The summed E-state index contributed by atoms with van der Waals surface area (Å²) in [6, 6.07) is 8.19. The van der Waals surface area contributed by atoms with Crippen molar-refractivity contribution in [2.45, 2.75) is 39.5 Å². The van der Waals surface area contributed by atoms with E-state index in [1.54, 1.807) is 0 Å². The molecular formula is C17H24N4. The number of aromatic nitrogens is 2. The molecule has 1 saturated carbocycles. The number of nitrogens with zero attached hydrogens (tertiary/aromatic N) is 2. The molecule has 2 N–H and O–H groups in total. The summed E-state index contributed by atoms with van der Waals surface area (Å²) in [5.41, 5.74) is 1.40. The second kappa shape index (κ2) is 5.88. The van der Waals surface area contributed by atoms with Crippen molar-refractivity contribution in [2.75, 3.05) is 23.7 Å². The van der Waals surface area contributed by atoms with Gasteiger partial charge in [-0.1, -0.05) is 31.9 Å². The summed E-state index contributed by atoms with van der Waals surface area (Å²) in [5.74, 6) is 1.65. The molecule has 1 aromatic carbocycles. The third kappa shape index (κ3) is 3.09. The van der Waals surface area contributed by atoms with E-state index in [-0.39, 0.29) is 0 Å². The topological polar surface area (TPSA) is 49.8 Å². The summed E-state index contributed by atoms with van der Waals surface area (Å²) in [4.78, 5) is 9.21. The third-order valence-corrected chi connectivity index (χ3v) is 4.43. The predicted octanol–water partition coefficient (Wildman–Crippen LogP) is 4.05. The summed E-state index contributed by atoms with van der Waals surface area (Å²) in [5, 5.41) is 7.89. The zero-order valence-corrected chi connectivity index (χ0v) is 12.9. The monoisotopic (exact) mass is 284 g/mol. The maximum Gasteiger partial charge on any atom is 0.225 e. The van der Waals surface area contributed by atoms with Crippen LogP contribution in [0.4, 0.5) is 11.8 Å². The van der Waals surface area contributed by atoms with Crippen LogP contribution in [0.15, 0.2) is 24.3 Å². The molecule has 0 aliphatic heterocycles. The van der Waals surface area contributed by atoms with Crippen LogP contribution < -0.4 is 10.6 Å². The highest BCUT2D eigenvalue weighted by Crippen LogP contribution is 2.37. The van der Waals surface area contributed by atoms with Gasteiger partial charge in [-0.05, 0) is 37.3 Å². The average molecular weight is 284 g/mol. The third-order valence-electron chi connectivity index (χ3n) is 4.43. The number of para-hydroxylation sites is 1. The molecular weight excluding hydrogens is 260 g/mol. The van der Waals surface area contributed by atoms with Crippen molar-refractivity contribution in [3.8, 4) is 0 Å². The molecule has 0 saturated heterocycles. The Balaban J connectivity index is 1.88. The van der Waals surface area contributed by atoms with Gasteiger partial charge in [0.05, 0.1) is 5.52 Å². The van der Waals surface area contributed by atoms with E-state index < -0.39 is 0 Å². The number of anilines is 2. The van der Waals surface area contributed by atoms with E-state index in [1.807, 2.05) is 18.2 Å². The number of fused-ring (bicyclic) bond motifs is 1. The van der Waals surface area contributed by atoms with Gasteiger partial charge in [-0.3, -0.25) is 0 Å². The molecule has 0 radical (unpaired) electrons. The molecule has 21 heavy (non-hydrogen) atoms. The van der Waals surface area contributed by atoms with Crippen LogP contribution in [0.25, 0.3) is 10.9 Å². The standard InChI is InChI=1S/C17H24N4/c1-3-18-16-20-14-9-5-4-8-13(14)15(21-16)19-12-17(2)10-6-7-11-17/h4-5,8-9H,3,6-7,10-12H2,1-2H3,(H2,18,19,20,21). The van der Waals surface area contributed by atoms with E-state index in [9.17, 15) is 0 Å². The van der Waals surface area contributed by atoms with Crippen molar-refractivity contribution in [1.82, 2.24) is 9.97 Å². The summed E-state index contributed by atoms with van der Waals surface area (Å²) < 4.78 is 0. The van der Waals surface area contributed by atoms with Gasteiger partial charge in [0, 0.05) is 18.5 Å². The van der Waals surface area contributed by atoms with Crippen molar-refractivity contribution >= 4 is 22.7 Å². The van der Waals surface area contributed by atoms with Gasteiger partial charge in [0.25, 0.3) is 0 Å². The Labute approximate surface area is 126 Å². The second-order valence-electron chi connectivity index (χ2n) is 6.31. The lowest BCUT2D eigenvalue weighted by atomic mass is 9.89. The molecule has 0 bridgehead atoms. The van der Waals surface area contributed by atoms with Crippen molar-refractivity contribution < 1.29 is 0 Å². The fourth-order valence-electron chi connectivity index (χ4n) is 3.15. The lowest BCUT2D eigenvalue weighted by Gasteiger charge is -2.24. The Bertz CT molecular complexity index is 617. The van der Waals surface area contributed by atoms with Crippen LogP contribution >= 0.6 is 0 Å². The molecule has 1 fully saturated rings. The molecule has 0 unspecified atom stereocenters. The smallest absolute Gasteiger partial charge is 0.225 e. The minimum atomic E-state index is 0.407. The van der Waals surface area contributed by atoms with E-state index in [1.165, 1.54) is 25.7 Å². The molecule has 1 heterocycles. The van der Waals surface area contributed by atoms with E-state index in [2.05, 4.69) is 40.5 Å². The predicted molar refractivity (Wildman–Crippen MR) is 88.8 cm³/mol. The summed E-state index contributed by atoms with van der Waals surface area (Å²) >= 11 is 0. The number of rotatable bonds is 5. The average Bonchev–Trinajstić information content (AvgIpc) is 2.92. The first-order valence-corrected chi connectivity index (χ1v) is 7.95. The highest BCUT2D eigenvalue weighted by Gasteiger charge is 2.28. The van der Waals surface area contributed by atoms with Gasteiger partial charge >= 0.3 is 0 Å². The van der Waals surface area contributed by atoms with Crippen molar-refractivity contribution in [3.05, 3.63) is 24.3 Å². The first kappa shape index (κ1) is 14.1. The Morgan fingerprint density at radius 3 is 2.62 bits per heavy atom. The highest BCUT2D eigenvalue weighted by atomic mass is 15.1. The van der Waals surface area contributed by atoms with Gasteiger partial charge in [-0.15, -0.1) is 0 Å². The number of hydrogen-bond acceptors (Lipinski definition) is 4. The zero-order chi connectivity index (χ0) is 14.7. The van der Waals surface area contributed by atoms with Crippen molar-refractivity contribution in [1.29, 1.82) is 0 Å². The molecule has 1 aromatic heterocycles. The lowest BCUT2D eigenvalue weighted by molar-refractivity contribution is 0.362. The Hall–Kier alpha value is -1.84. The first-order chi connectivity index (χ1) is 10.2. The summed E-state index contributed by atoms with van der Waals surface area (Å²) in [6.07, 6.45) is 5.32. The maximum atomic E-state index is 4.65. The Morgan fingerprint density at radius 2 is 1.86 bits per heavy atom. The summed E-state index contributed by atoms with van der Waals surface area (Å²) in [7, 11) is 0. The molecule has 0 amide bonds. The molecule has 2 aromatic rings. The van der Waals surface area contributed by atoms with Crippen molar-refractivity contribution in [3.63, 3.8) is 0 Å². The number of benzene rings is 1. The fraction of sp³-hybridized carbons (Fsp3) is 0.529. The van der Waals surface area contributed by atoms with Crippen LogP contribution in [0.3, 0.4) is 0 Å². The second-order valence-corrected chi connectivity index (χ2v) is 6.31. The van der Waals surface area contributed by atoms with Gasteiger partial charge in [0.1, 0.15) is 5.82 Å². The van der Waals surface area contributed by atoms with E-state index in [0.29, 0.717) is 11.4 Å². The number of hydrogen-bond donors (Lipinski definition) is 2. The maximum absolute atomic E-state index is 4.65. The Morgan fingerprint density at radius 1 is 1.10 bits per heavy atom. The minimum Gasteiger partial charge on any atom is -0.369 e. The van der Waals surface area contributed by atoms with E-state index in [0.717, 1.165) is 29.8 Å². The minimum absolute atomic E-state index is 0.407. The molecule has 4 heteroatoms. The first-order valence-electron chi connectivity index (χ1n) is 7.95. The summed E-state index contributed by atoms with van der Waals surface area (Å²) in [6.45, 7) is 6.25. The molecule has 0 atom stereocenters. The van der Waals surface area contributed by atoms with Gasteiger partial charge in [0.15, 0.2) is 0 Å². The highest BCUT2D eigenvalue weighted by molar-refractivity contribution is 5.90. The Kier molecular flexibility index (Phi) is 3.95.